The zero-order chi connectivity index (χ0) is 16.7. The Balaban J connectivity index is 1.92. The van der Waals surface area contributed by atoms with Crippen LogP contribution in [0.2, 0.25) is 0 Å². The van der Waals surface area contributed by atoms with E-state index in [4.69, 9.17) is 5.73 Å². The maximum atomic E-state index is 12.8. The first kappa shape index (κ1) is 14.9. The molecule has 1 aromatic carbocycles. The summed E-state index contributed by atoms with van der Waals surface area (Å²) in [5.74, 6) is 0.358. The Morgan fingerprint density at radius 2 is 1.83 bits per heavy atom. The van der Waals surface area contributed by atoms with Crippen molar-refractivity contribution in [2.24, 2.45) is 0 Å². The quantitative estimate of drug-likeness (QED) is 0.609. The van der Waals surface area contributed by atoms with Crippen LogP contribution < -0.4 is 5.73 Å². The highest BCUT2D eigenvalue weighted by Crippen LogP contribution is 2.31. The molecule has 0 bridgehead atoms. The lowest BCUT2D eigenvalue weighted by Gasteiger charge is -2.06. The second-order valence-electron chi connectivity index (χ2n) is 5.10. The van der Waals surface area contributed by atoms with Gasteiger partial charge in [0.2, 0.25) is 9.84 Å². The maximum Gasteiger partial charge on any atom is 0.211 e. The molecule has 0 amide bonds. The molecule has 0 aliphatic carbocycles. The van der Waals surface area contributed by atoms with Crippen LogP contribution in [0.5, 0.6) is 0 Å². The van der Waals surface area contributed by atoms with Gasteiger partial charge in [-0.3, -0.25) is 0 Å². The number of nitrogen functional groups attached to an aromatic ring is 1. The van der Waals surface area contributed by atoms with Crippen molar-refractivity contribution in [1.29, 1.82) is 0 Å². The van der Waals surface area contributed by atoms with Crippen LogP contribution in [-0.2, 0) is 9.84 Å². The van der Waals surface area contributed by atoms with Gasteiger partial charge in [0.05, 0.1) is 16.7 Å². The van der Waals surface area contributed by atoms with E-state index in [0.29, 0.717) is 5.82 Å². The number of fused-ring (bicyclic) bond motifs is 1. The van der Waals surface area contributed by atoms with Crippen molar-refractivity contribution in [3.8, 4) is 10.4 Å². The predicted molar refractivity (Wildman–Crippen MR) is 92.6 cm³/mol. The smallest absolute Gasteiger partial charge is 0.211 e. The second kappa shape index (κ2) is 5.43. The lowest BCUT2D eigenvalue weighted by Crippen LogP contribution is -2.05. The molecule has 0 radical (unpaired) electrons. The molecule has 0 spiro atoms. The molecule has 0 unspecified atom stereocenters. The van der Waals surface area contributed by atoms with Gasteiger partial charge in [-0.2, -0.15) is 9.61 Å². The number of anilines is 1. The third-order valence-electron chi connectivity index (χ3n) is 3.66. The molecule has 6 nitrogen and oxygen atoms in total. The van der Waals surface area contributed by atoms with Gasteiger partial charge in [-0.05, 0) is 23.6 Å². The summed E-state index contributed by atoms with van der Waals surface area (Å²) in [4.78, 5) is 5.48. The molecule has 0 aliphatic rings. The molecule has 3 heterocycles. The van der Waals surface area contributed by atoms with Crippen LogP contribution in [0.3, 0.4) is 0 Å². The van der Waals surface area contributed by atoms with Crippen LogP contribution in [0, 0.1) is 0 Å². The minimum atomic E-state index is -3.70. The highest BCUT2D eigenvalue weighted by Gasteiger charge is 2.24. The number of hydrogen-bond donors (Lipinski definition) is 1. The van der Waals surface area contributed by atoms with Crippen LogP contribution >= 0.6 is 11.3 Å². The number of thiophene rings is 1. The number of nitrogens with zero attached hydrogens (tertiary/aromatic N) is 3. The van der Waals surface area contributed by atoms with E-state index < -0.39 is 9.84 Å². The summed E-state index contributed by atoms with van der Waals surface area (Å²) in [6.45, 7) is 0. The molecular formula is C16H12N4O2S2. The van der Waals surface area contributed by atoms with Gasteiger partial charge in [0.25, 0.3) is 0 Å². The average Bonchev–Trinajstić information content (AvgIpc) is 3.26. The van der Waals surface area contributed by atoms with Crippen LogP contribution in [-0.4, -0.2) is 23.0 Å². The predicted octanol–water partition coefficient (Wildman–Crippen LogP) is 2.87. The number of nitrogens with two attached hydrogens (primary N) is 1. The highest BCUT2D eigenvalue weighted by atomic mass is 32.2. The van der Waals surface area contributed by atoms with E-state index in [0.717, 1.165) is 10.4 Å². The normalized spacial score (nSPS) is 11.8. The average molecular weight is 356 g/mol. The fourth-order valence-electron chi connectivity index (χ4n) is 2.47. The summed E-state index contributed by atoms with van der Waals surface area (Å²) < 4.78 is 27.0. The Morgan fingerprint density at radius 1 is 1.04 bits per heavy atom. The van der Waals surface area contributed by atoms with Crippen molar-refractivity contribution in [1.82, 2.24) is 14.6 Å². The highest BCUT2D eigenvalue weighted by molar-refractivity contribution is 7.91. The zero-order valence-electron chi connectivity index (χ0n) is 12.3. The van der Waals surface area contributed by atoms with Gasteiger partial charge in [-0.25, -0.2) is 13.4 Å². The Labute approximate surface area is 142 Å². The first-order valence-corrected chi connectivity index (χ1v) is 9.41. The minimum absolute atomic E-state index is 0.0399. The molecule has 2 N–H and O–H groups in total. The maximum absolute atomic E-state index is 12.8. The summed E-state index contributed by atoms with van der Waals surface area (Å²) in [5.41, 5.74) is 7.12. The van der Waals surface area contributed by atoms with Gasteiger partial charge in [0.15, 0.2) is 5.65 Å². The Kier molecular flexibility index (Phi) is 3.36. The zero-order valence-corrected chi connectivity index (χ0v) is 14.0. The van der Waals surface area contributed by atoms with Gasteiger partial charge in [0, 0.05) is 11.1 Å². The summed E-state index contributed by atoms with van der Waals surface area (Å²) in [6, 6.07) is 12.0. The van der Waals surface area contributed by atoms with E-state index in [1.807, 2.05) is 17.5 Å². The number of benzene rings is 1. The third-order valence-corrected chi connectivity index (χ3v) is 6.32. The van der Waals surface area contributed by atoms with E-state index in [9.17, 15) is 8.42 Å². The number of sulfone groups is 1. The fraction of sp³-hybridized carbons (Fsp3) is 0. The van der Waals surface area contributed by atoms with Gasteiger partial charge < -0.3 is 5.73 Å². The first-order chi connectivity index (χ1) is 11.6. The van der Waals surface area contributed by atoms with Gasteiger partial charge in [0.1, 0.15) is 10.7 Å². The SMILES string of the molecule is Nc1c(-c2cccs2)cnc2c(S(=O)(=O)c3ccccc3)cnn12. The summed E-state index contributed by atoms with van der Waals surface area (Å²) in [5, 5.41) is 6.07. The topological polar surface area (TPSA) is 90.3 Å². The van der Waals surface area contributed by atoms with Crippen molar-refractivity contribution >= 4 is 32.6 Å². The number of rotatable bonds is 3. The van der Waals surface area contributed by atoms with Crippen LogP contribution in [0.1, 0.15) is 0 Å². The van der Waals surface area contributed by atoms with Crippen molar-refractivity contribution in [3.63, 3.8) is 0 Å². The van der Waals surface area contributed by atoms with Crippen molar-refractivity contribution in [3.05, 3.63) is 60.2 Å². The molecule has 4 rings (SSSR count). The molecular weight excluding hydrogens is 344 g/mol. The molecule has 0 aliphatic heterocycles. The lowest BCUT2D eigenvalue weighted by atomic mass is 10.2. The molecule has 8 heteroatoms. The van der Waals surface area contributed by atoms with Crippen molar-refractivity contribution in [2.45, 2.75) is 9.79 Å². The molecule has 0 saturated heterocycles. The number of aromatic nitrogens is 3. The standard InChI is InChI=1S/C16H12N4O2S2/c17-15-12(13-7-4-8-23-13)9-18-16-14(10-19-20(15)16)24(21,22)11-5-2-1-3-6-11/h1-10H,17H2. The molecule has 120 valence electrons. The van der Waals surface area contributed by atoms with Crippen molar-refractivity contribution in [2.75, 3.05) is 5.73 Å². The monoisotopic (exact) mass is 356 g/mol. The van der Waals surface area contributed by atoms with E-state index >= 15 is 0 Å². The molecule has 3 aromatic heterocycles. The fourth-order valence-corrected chi connectivity index (χ4v) is 4.55. The van der Waals surface area contributed by atoms with Crippen molar-refractivity contribution < 1.29 is 8.42 Å². The Morgan fingerprint density at radius 3 is 2.54 bits per heavy atom. The second-order valence-corrected chi connectivity index (χ2v) is 7.96. The van der Waals surface area contributed by atoms with Crippen LogP contribution in [0.25, 0.3) is 16.1 Å². The molecule has 0 atom stereocenters. The summed E-state index contributed by atoms with van der Waals surface area (Å²) in [6.07, 6.45) is 2.88. The third kappa shape index (κ3) is 2.19. The van der Waals surface area contributed by atoms with E-state index in [1.165, 1.54) is 22.0 Å². The minimum Gasteiger partial charge on any atom is -0.383 e. The van der Waals surface area contributed by atoms with Crippen LogP contribution in [0.15, 0.2) is 70.0 Å². The molecule has 0 saturated carbocycles. The summed E-state index contributed by atoms with van der Waals surface area (Å²) >= 11 is 1.53. The largest absolute Gasteiger partial charge is 0.383 e. The Bertz CT molecular complexity index is 1120. The van der Waals surface area contributed by atoms with Gasteiger partial charge in [-0.1, -0.05) is 24.3 Å². The van der Waals surface area contributed by atoms with Gasteiger partial charge in [-0.15, -0.1) is 11.3 Å². The molecule has 0 fully saturated rings. The van der Waals surface area contributed by atoms with E-state index in [1.54, 1.807) is 36.5 Å². The first-order valence-electron chi connectivity index (χ1n) is 7.05. The van der Waals surface area contributed by atoms with E-state index in [-0.39, 0.29) is 15.4 Å². The van der Waals surface area contributed by atoms with Crippen LogP contribution in [0.4, 0.5) is 5.82 Å². The van der Waals surface area contributed by atoms with E-state index in [2.05, 4.69) is 10.1 Å². The Hall–Kier alpha value is -2.71. The van der Waals surface area contributed by atoms with Gasteiger partial charge >= 0.3 is 0 Å². The lowest BCUT2D eigenvalue weighted by molar-refractivity contribution is 0.597. The molecule has 4 aromatic rings. The molecule has 24 heavy (non-hydrogen) atoms. The number of hydrogen-bond acceptors (Lipinski definition) is 6. The summed E-state index contributed by atoms with van der Waals surface area (Å²) in [7, 11) is -3.70.